The highest BCUT2D eigenvalue weighted by molar-refractivity contribution is 7.11. The van der Waals surface area contributed by atoms with E-state index in [4.69, 9.17) is 4.98 Å². The van der Waals surface area contributed by atoms with E-state index >= 15 is 0 Å². The molecule has 6 heteroatoms. The highest BCUT2D eigenvalue weighted by Gasteiger charge is 2.47. The van der Waals surface area contributed by atoms with E-state index in [9.17, 15) is 15.2 Å². The van der Waals surface area contributed by atoms with Crippen LogP contribution < -0.4 is 0 Å². The van der Waals surface area contributed by atoms with Crippen molar-refractivity contribution in [2.45, 2.75) is 76.4 Å². The molecule has 2 aliphatic rings. The molecule has 0 spiro atoms. The first-order chi connectivity index (χ1) is 14.2. The molecule has 0 bridgehead atoms. The van der Waals surface area contributed by atoms with E-state index in [0.717, 1.165) is 46.8 Å². The van der Waals surface area contributed by atoms with E-state index in [2.05, 4.69) is 13.0 Å². The first-order valence-corrected chi connectivity index (χ1v) is 11.5. The molecule has 1 amide bonds. The number of hydrogen-bond donors (Lipinski definition) is 1. The first-order valence-electron chi connectivity index (χ1n) is 10.7. The van der Waals surface area contributed by atoms with Gasteiger partial charge in [-0.2, -0.15) is 5.26 Å². The Balaban J connectivity index is 1.62. The maximum Gasteiger partial charge on any atom is 0.254 e. The lowest BCUT2D eigenvalue weighted by Gasteiger charge is -2.38. The normalized spacial score (nSPS) is 23.1. The first kappa shape index (κ1) is 21.0. The molecule has 1 aromatic carbocycles. The molecule has 0 radical (unpaired) electrons. The van der Waals surface area contributed by atoms with E-state index < -0.39 is 11.0 Å². The SMILES string of the molecule is Cc1sc([C@@H]2CC[C@@H](C)N(C(=O)c3ccccc3C3(C#N)CC3)C2)nc1C(C)(C)O. The summed E-state index contributed by atoms with van der Waals surface area (Å²) in [6.07, 6.45) is 3.54. The molecular formula is C24H29N3O2S. The Bertz CT molecular complexity index is 1010. The number of nitriles is 1. The Hall–Kier alpha value is -2.23. The highest BCUT2D eigenvalue weighted by Crippen LogP contribution is 2.49. The zero-order valence-electron chi connectivity index (χ0n) is 18.1. The van der Waals surface area contributed by atoms with Gasteiger partial charge in [-0.1, -0.05) is 18.2 Å². The third kappa shape index (κ3) is 3.66. The van der Waals surface area contributed by atoms with Crippen molar-refractivity contribution in [1.82, 2.24) is 9.88 Å². The zero-order valence-corrected chi connectivity index (χ0v) is 18.9. The van der Waals surface area contributed by atoms with Gasteiger partial charge < -0.3 is 10.0 Å². The fourth-order valence-electron chi connectivity index (χ4n) is 4.56. The molecule has 1 N–H and O–H groups in total. The van der Waals surface area contributed by atoms with Gasteiger partial charge in [0.25, 0.3) is 5.91 Å². The molecular weight excluding hydrogens is 394 g/mol. The quantitative estimate of drug-likeness (QED) is 0.777. The van der Waals surface area contributed by atoms with Crippen LogP contribution in [0.2, 0.25) is 0 Å². The van der Waals surface area contributed by atoms with Crippen LogP contribution in [0, 0.1) is 18.3 Å². The molecule has 30 heavy (non-hydrogen) atoms. The number of carbonyl (C=O) groups is 1. The number of amides is 1. The maximum absolute atomic E-state index is 13.6. The molecule has 158 valence electrons. The van der Waals surface area contributed by atoms with Gasteiger partial charge in [0.15, 0.2) is 0 Å². The number of aliphatic hydroxyl groups is 1. The van der Waals surface area contributed by atoms with E-state index in [-0.39, 0.29) is 17.9 Å². The smallest absolute Gasteiger partial charge is 0.254 e. The predicted octanol–water partition coefficient (Wildman–Crippen LogP) is 4.64. The number of thiazole rings is 1. The lowest BCUT2D eigenvalue weighted by atomic mass is 9.89. The summed E-state index contributed by atoms with van der Waals surface area (Å²) in [5.41, 5.74) is 0.816. The molecule has 1 aliphatic carbocycles. The standard InChI is InChI=1S/C24H29N3O2S/c1-15-9-10-17(21-26-20(16(2)30-21)23(3,4)29)13-27(15)22(28)18-7-5-6-8-19(18)24(14-25)11-12-24/h5-8,15,17,29H,9-13H2,1-4H3/t15-,17-/m1/s1. The molecule has 0 unspecified atom stereocenters. The molecule has 2 atom stereocenters. The number of piperidine rings is 1. The molecule has 4 rings (SSSR count). The molecule has 1 saturated heterocycles. The van der Waals surface area contributed by atoms with Crippen molar-refractivity contribution in [3.63, 3.8) is 0 Å². The van der Waals surface area contributed by atoms with Crippen molar-refractivity contribution in [2.24, 2.45) is 0 Å². The van der Waals surface area contributed by atoms with Gasteiger partial charge in [0.05, 0.1) is 22.2 Å². The molecule has 1 saturated carbocycles. The van der Waals surface area contributed by atoms with E-state index in [1.807, 2.05) is 36.1 Å². The van der Waals surface area contributed by atoms with Gasteiger partial charge >= 0.3 is 0 Å². The third-order valence-electron chi connectivity index (χ3n) is 6.52. The van der Waals surface area contributed by atoms with E-state index in [0.29, 0.717) is 12.1 Å². The third-order valence-corrected chi connectivity index (χ3v) is 7.66. The van der Waals surface area contributed by atoms with Crippen LogP contribution in [-0.2, 0) is 11.0 Å². The van der Waals surface area contributed by atoms with Crippen LogP contribution in [0.1, 0.15) is 83.9 Å². The van der Waals surface area contributed by atoms with E-state index in [1.54, 1.807) is 25.2 Å². The van der Waals surface area contributed by atoms with Crippen LogP contribution in [0.15, 0.2) is 24.3 Å². The Morgan fingerprint density at radius 3 is 2.63 bits per heavy atom. The molecule has 2 fully saturated rings. The maximum atomic E-state index is 13.6. The summed E-state index contributed by atoms with van der Waals surface area (Å²) < 4.78 is 0. The number of rotatable bonds is 4. The number of benzene rings is 1. The summed E-state index contributed by atoms with van der Waals surface area (Å²) in [4.78, 5) is 21.3. The molecule has 1 aliphatic heterocycles. The minimum atomic E-state index is -0.967. The summed E-state index contributed by atoms with van der Waals surface area (Å²) in [6.45, 7) is 8.24. The van der Waals surface area contributed by atoms with Gasteiger partial charge in [-0.3, -0.25) is 4.79 Å². The van der Waals surface area contributed by atoms with Crippen LogP contribution in [0.4, 0.5) is 0 Å². The lowest BCUT2D eigenvalue weighted by molar-refractivity contribution is 0.0603. The summed E-state index contributed by atoms with van der Waals surface area (Å²) >= 11 is 1.63. The summed E-state index contributed by atoms with van der Waals surface area (Å²) in [6, 6.07) is 10.2. The number of aromatic nitrogens is 1. The van der Waals surface area contributed by atoms with Gasteiger partial charge in [0.1, 0.15) is 5.60 Å². The Morgan fingerprint density at radius 2 is 2.03 bits per heavy atom. The fraction of sp³-hybridized carbons (Fsp3) is 0.542. The molecule has 2 heterocycles. The second-order valence-electron chi connectivity index (χ2n) is 9.34. The van der Waals surface area contributed by atoms with Crippen LogP contribution in [-0.4, -0.2) is 33.5 Å². The van der Waals surface area contributed by atoms with Crippen LogP contribution in [0.25, 0.3) is 0 Å². The van der Waals surface area contributed by atoms with Crippen LogP contribution in [0.3, 0.4) is 0 Å². The lowest BCUT2D eigenvalue weighted by Crippen LogP contribution is -2.45. The zero-order chi connectivity index (χ0) is 21.7. The molecule has 1 aromatic heterocycles. The minimum absolute atomic E-state index is 0.0142. The average Bonchev–Trinajstić information content (AvgIpc) is 3.41. The van der Waals surface area contributed by atoms with Crippen molar-refractivity contribution in [3.05, 3.63) is 51.0 Å². The fourth-order valence-corrected chi connectivity index (χ4v) is 5.76. The van der Waals surface area contributed by atoms with Crippen molar-refractivity contribution >= 4 is 17.2 Å². The second-order valence-corrected chi connectivity index (χ2v) is 10.6. The molecule has 2 aromatic rings. The Labute approximate surface area is 182 Å². The Morgan fingerprint density at radius 1 is 1.33 bits per heavy atom. The van der Waals surface area contributed by atoms with Crippen LogP contribution >= 0.6 is 11.3 Å². The van der Waals surface area contributed by atoms with Crippen molar-refractivity contribution in [1.29, 1.82) is 5.26 Å². The highest BCUT2D eigenvalue weighted by atomic mass is 32.1. The monoisotopic (exact) mass is 423 g/mol. The molecule has 5 nitrogen and oxygen atoms in total. The van der Waals surface area contributed by atoms with Gasteiger partial charge in [0.2, 0.25) is 0 Å². The largest absolute Gasteiger partial charge is 0.384 e. The van der Waals surface area contributed by atoms with Crippen molar-refractivity contribution < 1.29 is 9.90 Å². The Kier molecular flexibility index (Phi) is 5.24. The summed E-state index contributed by atoms with van der Waals surface area (Å²) in [5.74, 6) is 0.184. The van der Waals surface area contributed by atoms with E-state index in [1.165, 1.54) is 0 Å². The van der Waals surface area contributed by atoms with Gasteiger partial charge in [-0.15, -0.1) is 11.3 Å². The summed E-state index contributed by atoms with van der Waals surface area (Å²) in [7, 11) is 0. The number of carbonyl (C=O) groups excluding carboxylic acids is 1. The number of nitrogens with zero attached hydrogens (tertiary/aromatic N) is 3. The van der Waals surface area contributed by atoms with Crippen molar-refractivity contribution in [2.75, 3.05) is 6.54 Å². The van der Waals surface area contributed by atoms with Crippen molar-refractivity contribution in [3.8, 4) is 6.07 Å². The van der Waals surface area contributed by atoms with Gasteiger partial charge in [0, 0.05) is 28.9 Å². The van der Waals surface area contributed by atoms with Crippen LogP contribution in [0.5, 0.6) is 0 Å². The predicted molar refractivity (Wildman–Crippen MR) is 118 cm³/mol. The topological polar surface area (TPSA) is 77.2 Å². The van der Waals surface area contributed by atoms with Gasteiger partial charge in [-0.25, -0.2) is 4.98 Å². The second kappa shape index (κ2) is 7.47. The van der Waals surface area contributed by atoms with Gasteiger partial charge in [-0.05, 0) is 65.0 Å². The number of likely N-dealkylation sites (tertiary alicyclic amines) is 1. The number of hydrogen-bond acceptors (Lipinski definition) is 5. The average molecular weight is 424 g/mol. The minimum Gasteiger partial charge on any atom is -0.384 e. The number of aryl methyl sites for hydroxylation is 1. The summed E-state index contributed by atoms with van der Waals surface area (Å²) in [5, 5.41) is 21.1.